The van der Waals surface area contributed by atoms with Gasteiger partial charge in [-0.05, 0) is 30.5 Å². The Morgan fingerprint density at radius 1 is 1.38 bits per heavy atom. The minimum atomic E-state index is -4.36. The van der Waals surface area contributed by atoms with Crippen LogP contribution in [0.4, 0.5) is 13.2 Å². The number of benzene rings is 1. The Kier molecular flexibility index (Phi) is 5.87. The lowest BCUT2D eigenvalue weighted by Crippen LogP contribution is -2.45. The molecule has 1 aliphatic heterocycles. The number of amides is 1. The first-order chi connectivity index (χ1) is 11.2. The molecule has 0 aromatic heterocycles. The zero-order valence-corrected chi connectivity index (χ0v) is 13.5. The van der Waals surface area contributed by atoms with Crippen LogP contribution in [0.2, 0.25) is 0 Å². The Morgan fingerprint density at radius 2 is 2.04 bits per heavy atom. The van der Waals surface area contributed by atoms with Gasteiger partial charge in [-0.15, -0.1) is 0 Å². The van der Waals surface area contributed by atoms with E-state index >= 15 is 0 Å². The average molecular weight is 345 g/mol. The van der Waals surface area contributed by atoms with Crippen LogP contribution in [0.5, 0.6) is 0 Å². The van der Waals surface area contributed by atoms with Crippen LogP contribution in [-0.4, -0.2) is 36.4 Å². The third kappa shape index (κ3) is 4.95. The molecule has 0 bridgehead atoms. The Balaban J connectivity index is 1.92. The molecule has 0 unspecified atom stereocenters. The molecule has 0 saturated carbocycles. The summed E-state index contributed by atoms with van der Waals surface area (Å²) in [5.41, 5.74) is -1.05. The molecule has 1 heterocycles. The maximum Gasteiger partial charge on any atom is 0.416 e. The summed E-state index contributed by atoms with van der Waals surface area (Å²) in [7, 11) is 0. The lowest BCUT2D eigenvalue weighted by molar-refractivity contribution is -0.137. The SMILES string of the molecule is CC[C@H](Cc1ccc(C(F)(F)F)cc1)C(=O)NC[C@]1(O)CCOC1. The predicted octanol–water partition coefficient (Wildman–Crippen LogP) is 2.54. The first-order valence-electron chi connectivity index (χ1n) is 7.97. The number of rotatable bonds is 6. The van der Waals surface area contributed by atoms with Gasteiger partial charge < -0.3 is 15.2 Å². The second-order valence-corrected chi connectivity index (χ2v) is 6.25. The van der Waals surface area contributed by atoms with Crippen molar-refractivity contribution >= 4 is 5.91 Å². The van der Waals surface area contributed by atoms with Gasteiger partial charge in [0.25, 0.3) is 0 Å². The lowest BCUT2D eigenvalue weighted by Gasteiger charge is -2.23. The van der Waals surface area contributed by atoms with Gasteiger partial charge in [0.05, 0.1) is 12.2 Å². The van der Waals surface area contributed by atoms with Gasteiger partial charge in [0.1, 0.15) is 5.60 Å². The molecule has 2 N–H and O–H groups in total. The molecule has 2 rings (SSSR count). The van der Waals surface area contributed by atoms with Crippen LogP contribution >= 0.6 is 0 Å². The molecule has 1 amide bonds. The standard InChI is InChI=1S/C17H22F3NO3/c1-2-13(15(22)21-10-16(23)7-8-24-11-16)9-12-3-5-14(6-4-12)17(18,19)20/h3-6,13,23H,2,7-11H2,1H3,(H,21,22)/t13-,16-/m1/s1. The summed E-state index contributed by atoms with van der Waals surface area (Å²) in [4.78, 5) is 12.3. The topological polar surface area (TPSA) is 58.6 Å². The van der Waals surface area contributed by atoms with Crippen LogP contribution in [0.1, 0.15) is 30.9 Å². The molecule has 24 heavy (non-hydrogen) atoms. The Morgan fingerprint density at radius 3 is 2.54 bits per heavy atom. The number of halogens is 3. The lowest BCUT2D eigenvalue weighted by atomic mass is 9.94. The van der Waals surface area contributed by atoms with Crippen LogP contribution in [0.15, 0.2) is 24.3 Å². The summed E-state index contributed by atoms with van der Waals surface area (Å²) in [6.45, 7) is 2.63. The van der Waals surface area contributed by atoms with E-state index in [0.29, 0.717) is 31.4 Å². The van der Waals surface area contributed by atoms with Crippen molar-refractivity contribution in [3.8, 4) is 0 Å². The highest BCUT2D eigenvalue weighted by molar-refractivity contribution is 5.79. The predicted molar refractivity (Wildman–Crippen MR) is 82.3 cm³/mol. The van der Waals surface area contributed by atoms with Crippen molar-refractivity contribution < 1.29 is 27.8 Å². The highest BCUT2D eigenvalue weighted by Gasteiger charge is 2.33. The quantitative estimate of drug-likeness (QED) is 0.833. The molecule has 4 nitrogen and oxygen atoms in total. The third-order valence-electron chi connectivity index (χ3n) is 4.30. The van der Waals surface area contributed by atoms with E-state index in [2.05, 4.69) is 5.32 Å². The van der Waals surface area contributed by atoms with Gasteiger partial charge >= 0.3 is 6.18 Å². The molecular formula is C17H22F3NO3. The fourth-order valence-corrected chi connectivity index (χ4v) is 2.67. The first-order valence-corrected chi connectivity index (χ1v) is 7.97. The number of alkyl halides is 3. The van der Waals surface area contributed by atoms with E-state index in [1.807, 2.05) is 6.92 Å². The summed E-state index contributed by atoms with van der Waals surface area (Å²) >= 11 is 0. The Labute approximate surface area is 139 Å². The molecule has 1 saturated heterocycles. The van der Waals surface area contributed by atoms with E-state index in [1.165, 1.54) is 12.1 Å². The summed E-state index contributed by atoms with van der Waals surface area (Å²) in [6.07, 6.45) is -2.97. The van der Waals surface area contributed by atoms with Crippen LogP contribution in [0.25, 0.3) is 0 Å². The van der Waals surface area contributed by atoms with Gasteiger partial charge in [-0.25, -0.2) is 0 Å². The van der Waals surface area contributed by atoms with Crippen molar-refractivity contribution in [2.75, 3.05) is 19.8 Å². The fourth-order valence-electron chi connectivity index (χ4n) is 2.67. The van der Waals surface area contributed by atoms with Crippen LogP contribution < -0.4 is 5.32 Å². The molecule has 0 spiro atoms. The number of aliphatic hydroxyl groups is 1. The fraction of sp³-hybridized carbons (Fsp3) is 0.588. The Hall–Kier alpha value is -1.60. The zero-order valence-electron chi connectivity index (χ0n) is 13.5. The second kappa shape index (κ2) is 7.53. The molecule has 1 aromatic carbocycles. The van der Waals surface area contributed by atoms with Crippen molar-refractivity contribution in [1.29, 1.82) is 0 Å². The highest BCUT2D eigenvalue weighted by atomic mass is 19.4. The van der Waals surface area contributed by atoms with Gasteiger partial charge in [0.15, 0.2) is 0 Å². The van der Waals surface area contributed by atoms with Crippen molar-refractivity contribution in [3.63, 3.8) is 0 Å². The monoisotopic (exact) mass is 345 g/mol. The number of ether oxygens (including phenoxy) is 1. The van der Waals surface area contributed by atoms with E-state index in [9.17, 15) is 23.1 Å². The van der Waals surface area contributed by atoms with Gasteiger partial charge in [0, 0.05) is 25.5 Å². The van der Waals surface area contributed by atoms with Crippen molar-refractivity contribution in [2.24, 2.45) is 5.92 Å². The van der Waals surface area contributed by atoms with Crippen molar-refractivity contribution in [3.05, 3.63) is 35.4 Å². The van der Waals surface area contributed by atoms with Gasteiger partial charge in [0.2, 0.25) is 5.91 Å². The first kappa shape index (κ1) is 18.7. The smallest absolute Gasteiger partial charge is 0.386 e. The number of carbonyl (C=O) groups excluding carboxylic acids is 1. The number of nitrogens with one attached hydrogen (secondary N) is 1. The van der Waals surface area contributed by atoms with E-state index < -0.39 is 17.3 Å². The normalized spacial score (nSPS) is 22.4. The van der Waals surface area contributed by atoms with Gasteiger partial charge in [-0.1, -0.05) is 19.1 Å². The number of hydrogen-bond donors (Lipinski definition) is 2. The summed E-state index contributed by atoms with van der Waals surface area (Å²) in [5.74, 6) is -0.564. The molecule has 1 aliphatic rings. The molecule has 0 radical (unpaired) electrons. The summed E-state index contributed by atoms with van der Waals surface area (Å²) < 4.78 is 42.8. The van der Waals surface area contributed by atoms with Crippen molar-refractivity contribution in [1.82, 2.24) is 5.32 Å². The zero-order chi connectivity index (χ0) is 17.8. The molecular weight excluding hydrogens is 323 g/mol. The second-order valence-electron chi connectivity index (χ2n) is 6.25. The maximum atomic E-state index is 12.6. The summed E-state index contributed by atoms with van der Waals surface area (Å²) in [5, 5.41) is 12.9. The van der Waals surface area contributed by atoms with E-state index in [-0.39, 0.29) is 25.0 Å². The van der Waals surface area contributed by atoms with Crippen molar-refractivity contribution in [2.45, 2.75) is 38.0 Å². The molecule has 7 heteroatoms. The maximum absolute atomic E-state index is 12.6. The number of hydrogen-bond acceptors (Lipinski definition) is 3. The average Bonchev–Trinajstić information content (AvgIpc) is 2.97. The minimum absolute atomic E-state index is 0.120. The van der Waals surface area contributed by atoms with Crippen LogP contribution in [0, 0.1) is 5.92 Å². The van der Waals surface area contributed by atoms with E-state index in [0.717, 1.165) is 12.1 Å². The molecule has 1 fully saturated rings. The molecule has 2 atom stereocenters. The number of carbonyl (C=O) groups is 1. The van der Waals surface area contributed by atoms with Crippen LogP contribution in [-0.2, 0) is 22.1 Å². The Bertz CT molecular complexity index is 551. The van der Waals surface area contributed by atoms with Gasteiger partial charge in [-0.2, -0.15) is 13.2 Å². The van der Waals surface area contributed by atoms with E-state index in [4.69, 9.17) is 4.74 Å². The van der Waals surface area contributed by atoms with Crippen LogP contribution in [0.3, 0.4) is 0 Å². The molecule has 0 aliphatic carbocycles. The molecule has 1 aromatic rings. The minimum Gasteiger partial charge on any atom is -0.386 e. The third-order valence-corrected chi connectivity index (χ3v) is 4.30. The highest BCUT2D eigenvalue weighted by Crippen LogP contribution is 2.29. The van der Waals surface area contributed by atoms with E-state index in [1.54, 1.807) is 0 Å². The van der Waals surface area contributed by atoms with Gasteiger partial charge in [-0.3, -0.25) is 4.79 Å². The molecule has 134 valence electrons. The largest absolute Gasteiger partial charge is 0.416 e. The summed E-state index contributed by atoms with van der Waals surface area (Å²) in [6, 6.07) is 4.85.